The fourth-order valence-electron chi connectivity index (χ4n) is 3.15. The maximum atomic E-state index is 12.2. The molecule has 6 heteroatoms. The lowest BCUT2D eigenvalue weighted by atomic mass is 10.0. The van der Waals surface area contributed by atoms with E-state index in [-0.39, 0.29) is 18.7 Å². The van der Waals surface area contributed by atoms with Gasteiger partial charge in [-0.15, -0.1) is 0 Å². The third kappa shape index (κ3) is 3.02. The lowest BCUT2D eigenvalue weighted by molar-refractivity contribution is -0.121. The summed E-state index contributed by atoms with van der Waals surface area (Å²) in [5, 5.41) is 3.14. The predicted octanol–water partition coefficient (Wildman–Crippen LogP) is 1.68. The Morgan fingerprint density at radius 1 is 1.35 bits per heavy atom. The number of carbonyl (C=O) groups is 1. The number of nitrogens with one attached hydrogen (secondary N) is 1. The van der Waals surface area contributed by atoms with Crippen molar-refractivity contribution in [3.63, 3.8) is 0 Å². The number of amides is 1. The maximum absolute atomic E-state index is 12.2. The van der Waals surface area contributed by atoms with E-state index < -0.39 is 0 Å². The van der Waals surface area contributed by atoms with Crippen molar-refractivity contribution in [2.75, 3.05) is 6.79 Å². The van der Waals surface area contributed by atoms with Gasteiger partial charge in [0.1, 0.15) is 0 Å². The molecule has 1 unspecified atom stereocenters. The smallest absolute Gasteiger partial charge is 0.231 e. The highest BCUT2D eigenvalue weighted by atomic mass is 16.7. The molecule has 1 aromatic heterocycles. The first-order chi connectivity index (χ1) is 11.3. The van der Waals surface area contributed by atoms with Crippen molar-refractivity contribution in [2.24, 2.45) is 0 Å². The monoisotopic (exact) mass is 313 g/mol. The first-order valence-electron chi connectivity index (χ1n) is 7.95. The van der Waals surface area contributed by atoms with Crippen molar-refractivity contribution in [3.05, 3.63) is 42.0 Å². The maximum Gasteiger partial charge on any atom is 0.231 e. The van der Waals surface area contributed by atoms with Crippen molar-refractivity contribution < 1.29 is 14.3 Å². The summed E-state index contributed by atoms with van der Waals surface area (Å²) in [5.41, 5.74) is 2.28. The number of benzene rings is 1. The van der Waals surface area contributed by atoms with Crippen molar-refractivity contribution in [1.29, 1.82) is 0 Å². The minimum atomic E-state index is 0.0978. The van der Waals surface area contributed by atoms with Crippen LogP contribution in [-0.2, 0) is 24.2 Å². The number of rotatable bonds is 4. The quantitative estimate of drug-likeness (QED) is 0.932. The largest absolute Gasteiger partial charge is 0.454 e. The number of hydrogen-bond acceptors (Lipinski definition) is 4. The second-order valence-corrected chi connectivity index (χ2v) is 6.02. The molecule has 0 radical (unpaired) electrons. The molecule has 0 aliphatic carbocycles. The van der Waals surface area contributed by atoms with Crippen molar-refractivity contribution >= 4 is 5.91 Å². The van der Waals surface area contributed by atoms with Gasteiger partial charge in [0.15, 0.2) is 11.5 Å². The number of carbonyl (C=O) groups excluding carboxylic acids is 1. The number of nitrogens with zero attached hydrogens (tertiary/aromatic N) is 2. The summed E-state index contributed by atoms with van der Waals surface area (Å²) in [5.74, 6) is 1.64. The molecule has 23 heavy (non-hydrogen) atoms. The highest BCUT2D eigenvalue weighted by Crippen LogP contribution is 2.32. The van der Waals surface area contributed by atoms with E-state index in [1.54, 1.807) is 0 Å². The molecule has 2 aromatic rings. The molecule has 2 aliphatic heterocycles. The highest BCUT2D eigenvalue weighted by Gasteiger charge is 2.20. The molecule has 1 N–H and O–H groups in total. The van der Waals surface area contributed by atoms with Crippen LogP contribution in [0.5, 0.6) is 11.5 Å². The fourth-order valence-corrected chi connectivity index (χ4v) is 3.15. The Morgan fingerprint density at radius 3 is 3.22 bits per heavy atom. The van der Waals surface area contributed by atoms with E-state index in [1.165, 1.54) is 5.69 Å². The molecule has 2 aliphatic rings. The van der Waals surface area contributed by atoms with E-state index in [4.69, 9.17) is 9.47 Å². The Morgan fingerprint density at radius 2 is 2.26 bits per heavy atom. The van der Waals surface area contributed by atoms with E-state index in [0.29, 0.717) is 12.8 Å². The molecular weight excluding hydrogens is 294 g/mol. The summed E-state index contributed by atoms with van der Waals surface area (Å²) in [4.78, 5) is 16.3. The molecular formula is C17H19N3O3. The number of hydrogen-bond donors (Lipinski definition) is 1. The number of ether oxygens (including phenoxy) is 2. The van der Waals surface area contributed by atoms with E-state index in [1.807, 2.05) is 30.7 Å². The van der Waals surface area contributed by atoms with Gasteiger partial charge in [0.25, 0.3) is 0 Å². The zero-order valence-corrected chi connectivity index (χ0v) is 12.8. The third-order valence-electron chi connectivity index (χ3n) is 4.42. The van der Waals surface area contributed by atoms with Crippen LogP contribution in [0, 0.1) is 0 Å². The molecule has 120 valence electrons. The predicted molar refractivity (Wildman–Crippen MR) is 83.4 cm³/mol. The number of fused-ring (bicyclic) bond motifs is 2. The second-order valence-electron chi connectivity index (χ2n) is 6.02. The molecule has 0 bridgehead atoms. The molecule has 1 amide bonds. The molecule has 3 heterocycles. The molecule has 0 spiro atoms. The van der Waals surface area contributed by atoms with Crippen LogP contribution < -0.4 is 14.8 Å². The number of imidazole rings is 1. The average Bonchev–Trinajstić information content (AvgIpc) is 3.20. The van der Waals surface area contributed by atoms with E-state index >= 15 is 0 Å². The van der Waals surface area contributed by atoms with Gasteiger partial charge in [0.2, 0.25) is 12.7 Å². The SMILES string of the molecule is O=C(CCc1ccc2c(c1)OCO2)NC1CCn2cncc2C1. The normalized spacial score (nSPS) is 18.5. The average molecular weight is 313 g/mol. The molecule has 4 rings (SSSR count). The molecule has 1 atom stereocenters. The van der Waals surface area contributed by atoms with Gasteiger partial charge in [0, 0.05) is 37.3 Å². The molecule has 0 saturated heterocycles. The Labute approximate surface area is 134 Å². The number of aryl methyl sites for hydroxylation is 2. The van der Waals surface area contributed by atoms with Crippen LogP contribution in [0.25, 0.3) is 0 Å². The Bertz CT molecular complexity index is 726. The Kier molecular flexibility index (Phi) is 3.65. The van der Waals surface area contributed by atoms with Gasteiger partial charge in [-0.1, -0.05) is 6.07 Å². The molecule has 0 saturated carbocycles. The van der Waals surface area contributed by atoms with Crippen LogP contribution in [0.1, 0.15) is 24.1 Å². The molecule has 6 nitrogen and oxygen atoms in total. The summed E-state index contributed by atoms with van der Waals surface area (Å²) >= 11 is 0. The van der Waals surface area contributed by atoms with Crippen LogP contribution >= 0.6 is 0 Å². The van der Waals surface area contributed by atoms with Crippen molar-refractivity contribution in [3.8, 4) is 11.5 Å². The van der Waals surface area contributed by atoms with Crippen LogP contribution in [-0.4, -0.2) is 28.3 Å². The van der Waals surface area contributed by atoms with E-state index in [2.05, 4.69) is 14.9 Å². The second kappa shape index (κ2) is 5.95. The zero-order chi connectivity index (χ0) is 15.6. The number of aromatic nitrogens is 2. The van der Waals surface area contributed by atoms with Gasteiger partial charge in [-0.05, 0) is 30.5 Å². The van der Waals surface area contributed by atoms with Gasteiger partial charge < -0.3 is 19.4 Å². The summed E-state index contributed by atoms with van der Waals surface area (Å²) in [6.07, 6.45) is 6.73. The van der Waals surface area contributed by atoms with E-state index in [9.17, 15) is 4.79 Å². The third-order valence-corrected chi connectivity index (χ3v) is 4.42. The standard InChI is InChI=1S/C17H19N3O3/c21-17(19-13-5-6-20-10-18-9-14(20)8-13)4-2-12-1-3-15-16(7-12)23-11-22-15/h1,3,7,9-10,13H,2,4-6,8,11H2,(H,19,21). The summed E-state index contributed by atoms with van der Waals surface area (Å²) in [7, 11) is 0. The Balaban J connectivity index is 1.29. The van der Waals surface area contributed by atoms with Gasteiger partial charge in [0.05, 0.1) is 6.33 Å². The topological polar surface area (TPSA) is 65.4 Å². The van der Waals surface area contributed by atoms with Crippen LogP contribution in [0.2, 0.25) is 0 Å². The molecule has 1 aromatic carbocycles. The van der Waals surface area contributed by atoms with Crippen LogP contribution in [0.4, 0.5) is 0 Å². The minimum absolute atomic E-state index is 0.0978. The van der Waals surface area contributed by atoms with Crippen molar-refractivity contribution in [1.82, 2.24) is 14.9 Å². The fraction of sp³-hybridized carbons (Fsp3) is 0.412. The van der Waals surface area contributed by atoms with Crippen LogP contribution in [0.15, 0.2) is 30.7 Å². The van der Waals surface area contributed by atoms with Gasteiger partial charge >= 0.3 is 0 Å². The first-order valence-corrected chi connectivity index (χ1v) is 7.95. The van der Waals surface area contributed by atoms with Gasteiger partial charge in [-0.25, -0.2) is 4.98 Å². The molecule has 0 fully saturated rings. The summed E-state index contributed by atoms with van der Waals surface area (Å²) < 4.78 is 12.8. The highest BCUT2D eigenvalue weighted by molar-refractivity contribution is 5.76. The lowest BCUT2D eigenvalue weighted by Gasteiger charge is -2.24. The minimum Gasteiger partial charge on any atom is -0.454 e. The zero-order valence-electron chi connectivity index (χ0n) is 12.8. The lowest BCUT2D eigenvalue weighted by Crippen LogP contribution is -2.40. The first kappa shape index (κ1) is 14.1. The Hall–Kier alpha value is -2.50. The van der Waals surface area contributed by atoms with Gasteiger partial charge in [-0.2, -0.15) is 0 Å². The van der Waals surface area contributed by atoms with E-state index in [0.717, 1.165) is 36.4 Å². The van der Waals surface area contributed by atoms with Crippen molar-refractivity contribution in [2.45, 2.75) is 38.3 Å². The van der Waals surface area contributed by atoms with Crippen LogP contribution in [0.3, 0.4) is 0 Å². The van der Waals surface area contributed by atoms with Gasteiger partial charge in [-0.3, -0.25) is 4.79 Å². The summed E-state index contributed by atoms with van der Waals surface area (Å²) in [6, 6.07) is 6.05. The summed E-state index contributed by atoms with van der Waals surface area (Å²) in [6.45, 7) is 1.19.